The summed E-state index contributed by atoms with van der Waals surface area (Å²) in [6.07, 6.45) is 1.24. The number of nitrogens with zero attached hydrogens (tertiary/aromatic N) is 2. The summed E-state index contributed by atoms with van der Waals surface area (Å²) in [7, 11) is 2.14. The largest absolute Gasteiger partial charge is 0.466 e. The molecule has 0 radical (unpaired) electrons. The number of carbonyl (C=O) groups excluding carboxylic acids is 2. The molecule has 0 amide bonds. The van der Waals surface area contributed by atoms with Crippen LogP contribution in [0, 0.1) is 0 Å². The minimum absolute atomic E-state index is 0.115. The van der Waals surface area contributed by atoms with Crippen LogP contribution in [-0.4, -0.2) is 61.4 Å². The van der Waals surface area contributed by atoms with Gasteiger partial charge >= 0.3 is 5.97 Å². The SMILES string of the molecule is CCOC(=O)CCCC(=O)c1ccccc1CN1CCN(C)CC1. The van der Waals surface area contributed by atoms with Gasteiger partial charge in [-0.3, -0.25) is 14.5 Å². The highest BCUT2D eigenvalue weighted by Gasteiger charge is 2.17. The highest BCUT2D eigenvalue weighted by atomic mass is 16.5. The Labute approximate surface area is 144 Å². The first-order valence-corrected chi connectivity index (χ1v) is 8.77. The van der Waals surface area contributed by atoms with Crippen molar-refractivity contribution in [2.75, 3.05) is 39.8 Å². The molecular formula is C19H28N2O3. The molecular weight excluding hydrogens is 304 g/mol. The summed E-state index contributed by atoms with van der Waals surface area (Å²) in [4.78, 5) is 28.6. The maximum absolute atomic E-state index is 12.5. The summed E-state index contributed by atoms with van der Waals surface area (Å²) in [6, 6.07) is 7.84. The predicted octanol–water partition coefficient (Wildman–Crippen LogP) is 2.35. The van der Waals surface area contributed by atoms with E-state index in [1.54, 1.807) is 6.92 Å². The van der Waals surface area contributed by atoms with Crippen molar-refractivity contribution in [3.63, 3.8) is 0 Å². The zero-order valence-corrected chi connectivity index (χ0v) is 14.8. The zero-order valence-electron chi connectivity index (χ0n) is 14.8. The lowest BCUT2D eigenvalue weighted by molar-refractivity contribution is -0.143. The number of carbonyl (C=O) groups is 2. The van der Waals surface area contributed by atoms with E-state index < -0.39 is 0 Å². The molecule has 1 aliphatic rings. The first kappa shape index (κ1) is 18.6. The first-order chi connectivity index (χ1) is 11.6. The number of ether oxygens (including phenoxy) is 1. The van der Waals surface area contributed by atoms with E-state index >= 15 is 0 Å². The second kappa shape index (κ2) is 9.55. The number of hydrogen-bond acceptors (Lipinski definition) is 5. The van der Waals surface area contributed by atoms with Crippen molar-refractivity contribution in [2.24, 2.45) is 0 Å². The van der Waals surface area contributed by atoms with Gasteiger partial charge in [0.05, 0.1) is 6.61 Å². The third-order valence-electron chi connectivity index (χ3n) is 4.40. The van der Waals surface area contributed by atoms with Crippen LogP contribution < -0.4 is 0 Å². The number of Topliss-reactive ketones (excluding diaryl/α,β-unsaturated/α-hetero) is 1. The maximum atomic E-state index is 12.5. The molecule has 1 saturated heterocycles. The summed E-state index contributed by atoms with van der Waals surface area (Å²) in [5.41, 5.74) is 1.88. The van der Waals surface area contributed by atoms with E-state index in [-0.39, 0.29) is 11.8 Å². The van der Waals surface area contributed by atoms with Crippen LogP contribution in [0.3, 0.4) is 0 Å². The van der Waals surface area contributed by atoms with Crippen molar-refractivity contribution in [1.82, 2.24) is 9.80 Å². The number of benzene rings is 1. The smallest absolute Gasteiger partial charge is 0.305 e. The molecule has 0 N–H and O–H groups in total. The molecule has 0 saturated carbocycles. The zero-order chi connectivity index (χ0) is 17.4. The Morgan fingerprint density at radius 1 is 1.08 bits per heavy atom. The number of rotatable bonds is 8. The fraction of sp³-hybridized carbons (Fsp3) is 0.579. The van der Waals surface area contributed by atoms with Crippen LogP contribution in [0.5, 0.6) is 0 Å². The average Bonchev–Trinajstić information content (AvgIpc) is 2.57. The van der Waals surface area contributed by atoms with Gasteiger partial charge in [0.1, 0.15) is 0 Å². The second-order valence-electron chi connectivity index (χ2n) is 6.32. The van der Waals surface area contributed by atoms with E-state index in [1.807, 2.05) is 24.3 Å². The molecule has 24 heavy (non-hydrogen) atoms. The monoisotopic (exact) mass is 332 g/mol. The number of ketones is 1. The van der Waals surface area contributed by atoms with Gasteiger partial charge in [0, 0.05) is 51.1 Å². The van der Waals surface area contributed by atoms with Crippen molar-refractivity contribution in [1.29, 1.82) is 0 Å². The number of esters is 1. The van der Waals surface area contributed by atoms with Crippen LogP contribution in [0.1, 0.15) is 42.1 Å². The Balaban J connectivity index is 1.90. The number of hydrogen-bond donors (Lipinski definition) is 0. The fourth-order valence-electron chi connectivity index (χ4n) is 2.94. The van der Waals surface area contributed by atoms with E-state index in [4.69, 9.17) is 4.74 Å². The Morgan fingerprint density at radius 3 is 2.50 bits per heavy atom. The van der Waals surface area contributed by atoms with E-state index in [2.05, 4.69) is 16.8 Å². The van der Waals surface area contributed by atoms with Crippen LogP contribution in [0.15, 0.2) is 24.3 Å². The average molecular weight is 332 g/mol. The van der Waals surface area contributed by atoms with Crippen molar-refractivity contribution < 1.29 is 14.3 Å². The third-order valence-corrected chi connectivity index (χ3v) is 4.40. The minimum Gasteiger partial charge on any atom is -0.466 e. The molecule has 0 spiro atoms. The topological polar surface area (TPSA) is 49.9 Å². The molecule has 0 unspecified atom stereocenters. The third kappa shape index (κ3) is 5.73. The molecule has 1 aromatic rings. The van der Waals surface area contributed by atoms with E-state index in [0.717, 1.165) is 43.9 Å². The molecule has 0 atom stereocenters. The lowest BCUT2D eigenvalue weighted by atomic mass is 9.99. The van der Waals surface area contributed by atoms with E-state index in [9.17, 15) is 9.59 Å². The van der Waals surface area contributed by atoms with Crippen LogP contribution in [0.25, 0.3) is 0 Å². The number of likely N-dealkylation sites (N-methyl/N-ethyl adjacent to an activating group) is 1. The predicted molar refractivity (Wildman–Crippen MR) is 94.0 cm³/mol. The van der Waals surface area contributed by atoms with E-state index in [1.165, 1.54) is 0 Å². The highest BCUT2D eigenvalue weighted by Crippen LogP contribution is 2.16. The molecule has 1 aliphatic heterocycles. The summed E-state index contributed by atoms with van der Waals surface area (Å²) in [5, 5.41) is 0. The van der Waals surface area contributed by atoms with E-state index in [0.29, 0.717) is 25.9 Å². The van der Waals surface area contributed by atoms with Crippen molar-refractivity contribution >= 4 is 11.8 Å². The van der Waals surface area contributed by atoms with Gasteiger partial charge in [-0.2, -0.15) is 0 Å². The molecule has 0 aromatic heterocycles. The summed E-state index contributed by atoms with van der Waals surface area (Å²) < 4.78 is 4.90. The van der Waals surface area contributed by atoms with Gasteiger partial charge in [-0.25, -0.2) is 0 Å². The summed E-state index contributed by atoms with van der Waals surface area (Å²) in [5.74, 6) is -0.111. The van der Waals surface area contributed by atoms with Gasteiger partial charge in [0.15, 0.2) is 5.78 Å². The lowest BCUT2D eigenvalue weighted by Crippen LogP contribution is -2.44. The molecule has 0 aliphatic carbocycles. The van der Waals surface area contributed by atoms with Gasteiger partial charge in [0.2, 0.25) is 0 Å². The summed E-state index contributed by atoms with van der Waals surface area (Å²) in [6.45, 7) is 7.18. The Kier molecular flexibility index (Phi) is 7.40. The highest BCUT2D eigenvalue weighted by molar-refractivity contribution is 5.97. The van der Waals surface area contributed by atoms with Crippen LogP contribution in [-0.2, 0) is 16.1 Å². The lowest BCUT2D eigenvalue weighted by Gasteiger charge is -2.32. The van der Waals surface area contributed by atoms with Crippen LogP contribution in [0.4, 0.5) is 0 Å². The van der Waals surface area contributed by atoms with Gasteiger partial charge in [-0.1, -0.05) is 24.3 Å². The van der Waals surface area contributed by atoms with Crippen LogP contribution in [0.2, 0.25) is 0 Å². The Hall–Kier alpha value is -1.72. The van der Waals surface area contributed by atoms with Gasteiger partial charge in [-0.15, -0.1) is 0 Å². The number of piperazine rings is 1. The Bertz CT molecular complexity index is 551. The quantitative estimate of drug-likeness (QED) is 0.540. The fourth-order valence-corrected chi connectivity index (χ4v) is 2.94. The molecule has 2 rings (SSSR count). The molecule has 132 valence electrons. The van der Waals surface area contributed by atoms with Gasteiger partial charge in [-0.05, 0) is 26.0 Å². The Morgan fingerprint density at radius 2 is 1.79 bits per heavy atom. The maximum Gasteiger partial charge on any atom is 0.305 e. The van der Waals surface area contributed by atoms with Crippen molar-refractivity contribution in [3.8, 4) is 0 Å². The minimum atomic E-state index is -0.226. The van der Waals surface area contributed by atoms with Crippen LogP contribution >= 0.6 is 0 Å². The molecule has 1 heterocycles. The molecule has 0 bridgehead atoms. The molecule has 5 heteroatoms. The second-order valence-corrected chi connectivity index (χ2v) is 6.32. The van der Waals surface area contributed by atoms with Gasteiger partial charge in [0.25, 0.3) is 0 Å². The van der Waals surface area contributed by atoms with Crippen molar-refractivity contribution in [3.05, 3.63) is 35.4 Å². The van der Waals surface area contributed by atoms with Gasteiger partial charge < -0.3 is 9.64 Å². The normalized spacial score (nSPS) is 16.1. The molecule has 1 fully saturated rings. The molecule has 1 aromatic carbocycles. The summed E-state index contributed by atoms with van der Waals surface area (Å²) >= 11 is 0. The first-order valence-electron chi connectivity index (χ1n) is 8.77. The standard InChI is InChI=1S/C19H28N2O3/c1-3-24-19(23)10-6-9-18(22)17-8-5-4-7-16(17)15-21-13-11-20(2)12-14-21/h4-5,7-8H,3,6,9-15H2,1-2H3. The molecule has 5 nitrogen and oxygen atoms in total. The van der Waals surface area contributed by atoms with Crippen molar-refractivity contribution in [2.45, 2.75) is 32.7 Å².